The Morgan fingerprint density at radius 3 is 2.53 bits per heavy atom. The number of rotatable bonds is 10. The Labute approximate surface area is 195 Å². The lowest BCUT2D eigenvalue weighted by molar-refractivity contribution is -0.133. The first kappa shape index (κ1) is 23.8. The maximum absolute atomic E-state index is 12.9. The van der Waals surface area contributed by atoms with E-state index in [0.29, 0.717) is 51.7 Å². The second-order valence-corrected chi connectivity index (χ2v) is 7.93. The van der Waals surface area contributed by atoms with Crippen molar-refractivity contribution in [3.05, 3.63) is 45.9 Å². The molecule has 2 aromatic carbocycles. The van der Waals surface area contributed by atoms with Crippen molar-refractivity contribution in [1.82, 2.24) is 10.3 Å². The van der Waals surface area contributed by atoms with Gasteiger partial charge in [0, 0.05) is 12.1 Å². The van der Waals surface area contributed by atoms with Crippen molar-refractivity contribution in [3.63, 3.8) is 0 Å². The molecule has 0 saturated heterocycles. The van der Waals surface area contributed by atoms with E-state index in [-0.39, 0.29) is 6.79 Å². The van der Waals surface area contributed by atoms with Crippen LogP contribution in [0.3, 0.4) is 0 Å². The minimum Gasteiger partial charge on any atom is -0.495 e. The molecule has 0 spiro atoms. The summed E-state index contributed by atoms with van der Waals surface area (Å²) >= 11 is 3.42. The van der Waals surface area contributed by atoms with Gasteiger partial charge in [0.1, 0.15) is 16.0 Å². The standard InChI is InChI=1S/C22H26BrN3O6/c1-26(2)7-8-30-21(15-5-6-16-17(11-15)32-13-31-16)22(27)25-24-12-14-9-18(28-3)20(23)19(10-14)29-4/h5-6,9-12,21H,7-8,13H2,1-4H3,(H,25,27). The van der Waals surface area contributed by atoms with Crippen LogP contribution in [0.5, 0.6) is 23.0 Å². The lowest BCUT2D eigenvalue weighted by atomic mass is 10.1. The number of carbonyl (C=O) groups excluding carboxylic acids is 1. The third kappa shape index (κ3) is 5.90. The zero-order chi connectivity index (χ0) is 23.1. The van der Waals surface area contributed by atoms with Gasteiger partial charge in [0.25, 0.3) is 5.91 Å². The second kappa shape index (κ2) is 11.2. The summed E-state index contributed by atoms with van der Waals surface area (Å²) in [5.74, 6) is 1.98. The molecular formula is C22H26BrN3O6. The summed E-state index contributed by atoms with van der Waals surface area (Å²) in [6.07, 6.45) is 0.641. The van der Waals surface area contributed by atoms with Crippen LogP contribution in [-0.2, 0) is 9.53 Å². The van der Waals surface area contributed by atoms with Gasteiger partial charge in [0.2, 0.25) is 6.79 Å². The fourth-order valence-corrected chi connectivity index (χ4v) is 3.50. The lowest BCUT2D eigenvalue weighted by Gasteiger charge is -2.18. The van der Waals surface area contributed by atoms with Crippen LogP contribution >= 0.6 is 15.9 Å². The van der Waals surface area contributed by atoms with Crippen molar-refractivity contribution in [1.29, 1.82) is 0 Å². The number of ether oxygens (including phenoxy) is 5. The van der Waals surface area contributed by atoms with Gasteiger partial charge in [0.05, 0.1) is 27.0 Å². The monoisotopic (exact) mass is 507 g/mol. The largest absolute Gasteiger partial charge is 0.495 e. The molecule has 32 heavy (non-hydrogen) atoms. The Kier molecular flexibility index (Phi) is 8.32. The molecule has 10 heteroatoms. The number of fused-ring (bicyclic) bond motifs is 1. The van der Waals surface area contributed by atoms with Crippen LogP contribution in [0.2, 0.25) is 0 Å². The summed E-state index contributed by atoms with van der Waals surface area (Å²) in [6, 6.07) is 8.82. The number of likely N-dealkylation sites (N-methyl/N-ethyl adjacent to an activating group) is 1. The highest BCUT2D eigenvalue weighted by Gasteiger charge is 2.24. The highest BCUT2D eigenvalue weighted by Crippen LogP contribution is 2.36. The van der Waals surface area contributed by atoms with Crippen molar-refractivity contribution in [2.75, 3.05) is 48.3 Å². The Bertz CT molecular complexity index is 957. The molecule has 1 aliphatic rings. The van der Waals surface area contributed by atoms with E-state index < -0.39 is 12.0 Å². The van der Waals surface area contributed by atoms with E-state index in [1.54, 1.807) is 44.6 Å². The van der Waals surface area contributed by atoms with Crippen molar-refractivity contribution in [3.8, 4) is 23.0 Å². The minimum absolute atomic E-state index is 0.154. The molecule has 0 radical (unpaired) electrons. The van der Waals surface area contributed by atoms with Gasteiger partial charge < -0.3 is 28.6 Å². The van der Waals surface area contributed by atoms with E-state index in [1.807, 2.05) is 19.0 Å². The maximum Gasteiger partial charge on any atom is 0.273 e. The molecule has 1 heterocycles. The van der Waals surface area contributed by atoms with Gasteiger partial charge in [-0.05, 0) is 59.9 Å². The number of carbonyl (C=O) groups is 1. The van der Waals surface area contributed by atoms with E-state index in [4.69, 9.17) is 23.7 Å². The second-order valence-electron chi connectivity index (χ2n) is 7.14. The first-order chi connectivity index (χ1) is 15.4. The van der Waals surface area contributed by atoms with E-state index in [0.717, 1.165) is 0 Å². The number of nitrogens with zero attached hydrogens (tertiary/aromatic N) is 2. The van der Waals surface area contributed by atoms with Crippen molar-refractivity contribution in [2.24, 2.45) is 5.10 Å². The zero-order valence-corrected chi connectivity index (χ0v) is 20.0. The number of hydrogen-bond acceptors (Lipinski definition) is 8. The molecule has 0 fully saturated rings. The normalized spacial score (nSPS) is 13.4. The zero-order valence-electron chi connectivity index (χ0n) is 18.4. The smallest absolute Gasteiger partial charge is 0.273 e. The average molecular weight is 508 g/mol. The first-order valence-corrected chi connectivity index (χ1v) is 10.6. The molecule has 1 atom stereocenters. The summed E-state index contributed by atoms with van der Waals surface area (Å²) in [5.41, 5.74) is 3.89. The van der Waals surface area contributed by atoms with E-state index in [2.05, 4.69) is 26.5 Å². The molecule has 172 valence electrons. The quantitative estimate of drug-likeness (QED) is 0.390. The van der Waals surface area contributed by atoms with Crippen LogP contribution in [0.1, 0.15) is 17.2 Å². The molecule has 9 nitrogen and oxygen atoms in total. The third-order valence-corrected chi connectivity index (χ3v) is 5.40. The van der Waals surface area contributed by atoms with Gasteiger partial charge in [0.15, 0.2) is 17.6 Å². The summed E-state index contributed by atoms with van der Waals surface area (Å²) in [7, 11) is 6.99. The fourth-order valence-electron chi connectivity index (χ4n) is 2.95. The highest BCUT2D eigenvalue weighted by molar-refractivity contribution is 9.10. The topological polar surface area (TPSA) is 90.9 Å². The minimum atomic E-state index is -0.865. The number of hydrazone groups is 1. The molecule has 0 aliphatic carbocycles. The number of nitrogens with one attached hydrogen (secondary N) is 1. The first-order valence-electron chi connectivity index (χ1n) is 9.83. The molecule has 1 aliphatic heterocycles. The summed E-state index contributed by atoms with van der Waals surface area (Å²) in [6.45, 7) is 1.18. The Morgan fingerprint density at radius 1 is 1.19 bits per heavy atom. The van der Waals surface area contributed by atoms with E-state index in [9.17, 15) is 4.79 Å². The third-order valence-electron chi connectivity index (χ3n) is 4.62. The molecule has 3 rings (SSSR count). The highest BCUT2D eigenvalue weighted by atomic mass is 79.9. The number of amides is 1. The van der Waals surface area contributed by atoms with Gasteiger partial charge in [-0.15, -0.1) is 0 Å². The van der Waals surface area contributed by atoms with Gasteiger partial charge in [-0.1, -0.05) is 6.07 Å². The summed E-state index contributed by atoms with van der Waals surface area (Å²) < 4.78 is 28.0. The van der Waals surface area contributed by atoms with Crippen LogP contribution in [-0.4, -0.2) is 65.3 Å². The predicted molar refractivity (Wildman–Crippen MR) is 123 cm³/mol. The lowest BCUT2D eigenvalue weighted by Crippen LogP contribution is -2.29. The fraction of sp³-hybridized carbons (Fsp3) is 0.364. The van der Waals surface area contributed by atoms with E-state index >= 15 is 0 Å². The molecular weight excluding hydrogens is 482 g/mol. The number of benzene rings is 2. The number of hydrogen-bond donors (Lipinski definition) is 1. The van der Waals surface area contributed by atoms with Crippen LogP contribution in [0.4, 0.5) is 0 Å². The van der Waals surface area contributed by atoms with E-state index in [1.165, 1.54) is 6.21 Å². The SMILES string of the molecule is COc1cc(C=NNC(=O)C(OCCN(C)C)c2ccc3c(c2)OCO3)cc(OC)c1Br. The Hall–Kier alpha value is -2.82. The van der Waals surface area contributed by atoms with Gasteiger partial charge in [-0.3, -0.25) is 4.79 Å². The summed E-state index contributed by atoms with van der Waals surface area (Å²) in [4.78, 5) is 14.9. The molecule has 1 unspecified atom stereocenters. The summed E-state index contributed by atoms with van der Waals surface area (Å²) in [5, 5.41) is 4.09. The number of methoxy groups -OCH3 is 2. The van der Waals surface area contributed by atoms with Crippen LogP contribution in [0, 0.1) is 0 Å². The molecule has 1 N–H and O–H groups in total. The maximum atomic E-state index is 12.9. The van der Waals surface area contributed by atoms with Crippen LogP contribution in [0.15, 0.2) is 39.9 Å². The predicted octanol–water partition coefficient (Wildman–Crippen LogP) is 2.96. The van der Waals surface area contributed by atoms with Crippen molar-refractivity contribution in [2.45, 2.75) is 6.10 Å². The Balaban J connectivity index is 1.75. The van der Waals surface area contributed by atoms with Crippen molar-refractivity contribution >= 4 is 28.1 Å². The van der Waals surface area contributed by atoms with Crippen LogP contribution in [0.25, 0.3) is 0 Å². The van der Waals surface area contributed by atoms with Crippen molar-refractivity contribution < 1.29 is 28.5 Å². The molecule has 0 aromatic heterocycles. The molecule has 0 saturated carbocycles. The molecule has 2 aromatic rings. The Morgan fingerprint density at radius 2 is 1.88 bits per heavy atom. The average Bonchev–Trinajstić information content (AvgIpc) is 3.25. The molecule has 1 amide bonds. The number of halogens is 1. The molecule has 0 bridgehead atoms. The van der Waals surface area contributed by atoms with Gasteiger partial charge in [-0.25, -0.2) is 5.43 Å². The van der Waals surface area contributed by atoms with Crippen LogP contribution < -0.4 is 24.4 Å². The van der Waals surface area contributed by atoms with Gasteiger partial charge >= 0.3 is 0 Å². The van der Waals surface area contributed by atoms with Gasteiger partial charge in [-0.2, -0.15) is 5.10 Å².